The lowest BCUT2D eigenvalue weighted by Gasteiger charge is -2.17. The first kappa shape index (κ1) is 16.6. The van der Waals surface area contributed by atoms with Crippen LogP contribution in [0.25, 0.3) is 0 Å². The van der Waals surface area contributed by atoms with Gasteiger partial charge in [0, 0.05) is 17.7 Å². The van der Waals surface area contributed by atoms with Crippen LogP contribution in [-0.4, -0.2) is 51.8 Å². The van der Waals surface area contributed by atoms with Crippen LogP contribution >= 0.6 is 11.8 Å². The number of urea groups is 1. The molecular weight excluding hydrogens is 284 g/mol. The van der Waals surface area contributed by atoms with Crippen LogP contribution in [0.4, 0.5) is 4.79 Å². The molecule has 0 radical (unpaired) electrons. The highest BCUT2D eigenvalue weighted by Gasteiger charge is 2.27. The van der Waals surface area contributed by atoms with Crippen molar-refractivity contribution in [3.63, 3.8) is 0 Å². The number of aliphatic carboxylic acids is 2. The number of carboxylic acids is 2. The molecule has 3 atom stereocenters. The standard InChI is InChI=1S/C12H20N2O5S/c1-20-8-3-2-7(6-8)13-12(19)14-9(11(17)18)4-5-10(15)16/h7-9H,2-6H2,1H3,(H,15,16)(H,17,18)(H2,13,14,19). The smallest absolute Gasteiger partial charge is 0.326 e. The van der Waals surface area contributed by atoms with Crippen LogP contribution in [0.5, 0.6) is 0 Å². The van der Waals surface area contributed by atoms with E-state index in [1.54, 1.807) is 11.8 Å². The van der Waals surface area contributed by atoms with Gasteiger partial charge in [0.2, 0.25) is 0 Å². The molecule has 0 aromatic carbocycles. The summed E-state index contributed by atoms with van der Waals surface area (Å²) < 4.78 is 0. The lowest BCUT2D eigenvalue weighted by atomic mass is 10.1. The molecule has 1 rings (SSSR count). The second-order valence-electron chi connectivity index (χ2n) is 4.81. The Hall–Kier alpha value is -1.44. The molecule has 1 saturated carbocycles. The molecule has 0 heterocycles. The number of hydrogen-bond acceptors (Lipinski definition) is 4. The van der Waals surface area contributed by atoms with E-state index in [1.807, 2.05) is 6.26 Å². The molecule has 4 N–H and O–H groups in total. The summed E-state index contributed by atoms with van der Waals surface area (Å²) in [6, 6.07) is -1.67. The van der Waals surface area contributed by atoms with E-state index in [0.29, 0.717) is 5.25 Å². The summed E-state index contributed by atoms with van der Waals surface area (Å²) in [4.78, 5) is 33.1. The number of carboxylic acid groups (broad SMARTS) is 2. The molecule has 114 valence electrons. The van der Waals surface area contributed by atoms with E-state index in [0.717, 1.165) is 19.3 Å². The zero-order chi connectivity index (χ0) is 15.1. The predicted molar refractivity (Wildman–Crippen MR) is 74.9 cm³/mol. The number of hydrogen-bond donors (Lipinski definition) is 4. The van der Waals surface area contributed by atoms with Gasteiger partial charge in [-0.1, -0.05) is 0 Å². The number of thioether (sulfide) groups is 1. The molecule has 0 bridgehead atoms. The van der Waals surface area contributed by atoms with Crippen LogP contribution < -0.4 is 10.6 Å². The van der Waals surface area contributed by atoms with Crippen LogP contribution in [0.1, 0.15) is 32.1 Å². The summed E-state index contributed by atoms with van der Waals surface area (Å²) >= 11 is 1.76. The van der Waals surface area contributed by atoms with E-state index in [-0.39, 0.29) is 18.9 Å². The van der Waals surface area contributed by atoms with Crippen LogP contribution in [0, 0.1) is 0 Å². The summed E-state index contributed by atoms with van der Waals surface area (Å²) in [5.41, 5.74) is 0. The minimum absolute atomic E-state index is 0.0568. The first-order valence-electron chi connectivity index (χ1n) is 6.46. The zero-order valence-corrected chi connectivity index (χ0v) is 12.1. The van der Waals surface area contributed by atoms with Gasteiger partial charge in [-0.3, -0.25) is 4.79 Å². The Balaban J connectivity index is 2.38. The van der Waals surface area contributed by atoms with Crippen LogP contribution in [-0.2, 0) is 9.59 Å². The SMILES string of the molecule is CSC1CCC(NC(=O)NC(CCC(=O)O)C(=O)O)C1. The monoisotopic (exact) mass is 304 g/mol. The summed E-state index contributed by atoms with van der Waals surface area (Å²) in [5, 5.41) is 23.1. The first-order chi connectivity index (χ1) is 9.42. The number of nitrogens with one attached hydrogen (secondary N) is 2. The van der Waals surface area contributed by atoms with Crippen molar-refractivity contribution < 1.29 is 24.6 Å². The third-order valence-corrected chi connectivity index (χ3v) is 4.40. The van der Waals surface area contributed by atoms with Gasteiger partial charge in [0.05, 0.1) is 0 Å². The fraction of sp³-hybridized carbons (Fsp3) is 0.750. The third kappa shape index (κ3) is 5.68. The number of amides is 2. The maximum absolute atomic E-state index is 11.7. The van der Waals surface area contributed by atoms with Gasteiger partial charge in [-0.2, -0.15) is 11.8 Å². The van der Waals surface area contributed by atoms with E-state index < -0.39 is 24.0 Å². The van der Waals surface area contributed by atoms with E-state index in [4.69, 9.17) is 10.2 Å². The third-order valence-electron chi connectivity index (χ3n) is 3.30. The molecule has 2 amide bonds. The molecule has 1 fully saturated rings. The maximum atomic E-state index is 11.7. The minimum atomic E-state index is -1.23. The molecule has 0 aromatic heterocycles. The van der Waals surface area contributed by atoms with Crippen molar-refractivity contribution >= 4 is 29.7 Å². The fourth-order valence-corrected chi connectivity index (χ4v) is 2.99. The highest BCUT2D eigenvalue weighted by molar-refractivity contribution is 7.99. The number of rotatable bonds is 7. The number of carbonyl (C=O) groups is 3. The van der Waals surface area contributed by atoms with Gasteiger partial charge in [0.15, 0.2) is 0 Å². The van der Waals surface area contributed by atoms with Crippen molar-refractivity contribution in [3.05, 3.63) is 0 Å². The van der Waals surface area contributed by atoms with E-state index >= 15 is 0 Å². The fourth-order valence-electron chi connectivity index (χ4n) is 2.20. The molecule has 1 aliphatic carbocycles. The molecule has 0 aromatic rings. The quantitative estimate of drug-likeness (QED) is 0.555. The van der Waals surface area contributed by atoms with Crippen LogP contribution in [0.3, 0.4) is 0 Å². The molecule has 7 nitrogen and oxygen atoms in total. The van der Waals surface area contributed by atoms with Crippen molar-refractivity contribution in [2.24, 2.45) is 0 Å². The van der Waals surface area contributed by atoms with Gasteiger partial charge < -0.3 is 20.8 Å². The molecule has 8 heteroatoms. The lowest BCUT2D eigenvalue weighted by Crippen LogP contribution is -2.48. The number of carbonyl (C=O) groups excluding carboxylic acids is 1. The molecule has 0 aliphatic heterocycles. The Morgan fingerprint density at radius 1 is 1.30 bits per heavy atom. The second kappa shape index (κ2) is 7.98. The normalized spacial score (nSPS) is 23.1. The largest absolute Gasteiger partial charge is 0.481 e. The first-order valence-corrected chi connectivity index (χ1v) is 7.75. The van der Waals surface area contributed by atoms with Crippen molar-refractivity contribution in [3.8, 4) is 0 Å². The Labute approximate surface area is 121 Å². The molecule has 20 heavy (non-hydrogen) atoms. The van der Waals surface area contributed by atoms with E-state index in [2.05, 4.69) is 10.6 Å². The van der Waals surface area contributed by atoms with Crippen molar-refractivity contribution in [2.45, 2.75) is 49.4 Å². The Bertz CT molecular complexity index is 377. The van der Waals surface area contributed by atoms with Gasteiger partial charge in [-0.05, 0) is 31.9 Å². The summed E-state index contributed by atoms with van der Waals surface area (Å²) in [7, 11) is 0. The maximum Gasteiger partial charge on any atom is 0.326 e. The topological polar surface area (TPSA) is 116 Å². The predicted octanol–water partition coefficient (Wildman–Crippen LogP) is 0.888. The Kier molecular flexibility index (Phi) is 6.63. The van der Waals surface area contributed by atoms with Gasteiger partial charge in [0.1, 0.15) is 6.04 Å². The Morgan fingerprint density at radius 3 is 2.50 bits per heavy atom. The average molecular weight is 304 g/mol. The zero-order valence-electron chi connectivity index (χ0n) is 11.3. The van der Waals surface area contributed by atoms with E-state index in [1.165, 1.54) is 0 Å². The Morgan fingerprint density at radius 2 is 2.00 bits per heavy atom. The van der Waals surface area contributed by atoms with Gasteiger partial charge in [0.25, 0.3) is 0 Å². The van der Waals surface area contributed by atoms with Crippen LogP contribution in [0.2, 0.25) is 0 Å². The molecule has 1 aliphatic rings. The van der Waals surface area contributed by atoms with Gasteiger partial charge in [-0.15, -0.1) is 0 Å². The van der Waals surface area contributed by atoms with Gasteiger partial charge in [-0.25, -0.2) is 9.59 Å². The summed E-state index contributed by atoms with van der Waals surface area (Å²) in [5.74, 6) is -2.31. The summed E-state index contributed by atoms with van der Waals surface area (Å²) in [6.45, 7) is 0. The van der Waals surface area contributed by atoms with E-state index in [9.17, 15) is 14.4 Å². The highest BCUT2D eigenvalue weighted by atomic mass is 32.2. The van der Waals surface area contributed by atoms with Crippen molar-refractivity contribution in [1.82, 2.24) is 10.6 Å². The second-order valence-corrected chi connectivity index (χ2v) is 5.95. The lowest BCUT2D eigenvalue weighted by molar-refractivity contribution is -0.140. The van der Waals surface area contributed by atoms with Crippen LogP contribution in [0.15, 0.2) is 0 Å². The van der Waals surface area contributed by atoms with Crippen molar-refractivity contribution in [2.75, 3.05) is 6.26 Å². The minimum Gasteiger partial charge on any atom is -0.481 e. The highest BCUT2D eigenvalue weighted by Crippen LogP contribution is 2.27. The molecular formula is C12H20N2O5S. The van der Waals surface area contributed by atoms with Crippen molar-refractivity contribution in [1.29, 1.82) is 0 Å². The molecule has 0 saturated heterocycles. The average Bonchev–Trinajstić information content (AvgIpc) is 2.81. The summed E-state index contributed by atoms with van der Waals surface area (Å²) in [6.07, 6.45) is 4.39. The van der Waals surface area contributed by atoms with Gasteiger partial charge >= 0.3 is 18.0 Å². The molecule has 3 unspecified atom stereocenters. The molecule has 0 spiro atoms.